The van der Waals surface area contributed by atoms with E-state index in [4.69, 9.17) is 13.9 Å². The van der Waals surface area contributed by atoms with Crippen LogP contribution >= 0.6 is 0 Å². The first kappa shape index (κ1) is 9.45. The SMILES string of the molecule is Cc1ncoc1-c1nc(C(=O)O)c(C)o1. The number of aromatic nitrogens is 2. The summed E-state index contributed by atoms with van der Waals surface area (Å²) in [5.74, 6) is -0.390. The van der Waals surface area contributed by atoms with Gasteiger partial charge >= 0.3 is 5.97 Å². The number of rotatable bonds is 2. The lowest BCUT2D eigenvalue weighted by molar-refractivity contribution is 0.0689. The van der Waals surface area contributed by atoms with Gasteiger partial charge in [-0.1, -0.05) is 0 Å². The fourth-order valence-electron chi connectivity index (χ4n) is 1.20. The second-order valence-electron chi connectivity index (χ2n) is 3.00. The van der Waals surface area contributed by atoms with Crippen molar-refractivity contribution in [1.29, 1.82) is 0 Å². The Morgan fingerprint density at radius 2 is 2.20 bits per heavy atom. The van der Waals surface area contributed by atoms with Gasteiger partial charge in [-0.25, -0.2) is 9.78 Å². The van der Waals surface area contributed by atoms with Crippen LogP contribution in [0, 0.1) is 13.8 Å². The van der Waals surface area contributed by atoms with Gasteiger partial charge in [0, 0.05) is 0 Å². The van der Waals surface area contributed by atoms with Crippen molar-refractivity contribution >= 4 is 5.97 Å². The lowest BCUT2D eigenvalue weighted by atomic mass is 10.3. The minimum absolute atomic E-state index is 0.110. The Morgan fingerprint density at radius 1 is 1.47 bits per heavy atom. The van der Waals surface area contributed by atoms with Crippen molar-refractivity contribution in [2.45, 2.75) is 13.8 Å². The molecule has 78 valence electrons. The van der Waals surface area contributed by atoms with E-state index in [2.05, 4.69) is 9.97 Å². The third-order valence-electron chi connectivity index (χ3n) is 1.94. The van der Waals surface area contributed by atoms with Gasteiger partial charge in [0.05, 0.1) is 5.69 Å². The van der Waals surface area contributed by atoms with Crippen LogP contribution in [-0.4, -0.2) is 21.0 Å². The Bertz CT molecular complexity index is 512. The molecule has 0 bridgehead atoms. The Hall–Kier alpha value is -2.11. The molecule has 0 aromatic carbocycles. The van der Waals surface area contributed by atoms with Gasteiger partial charge < -0.3 is 13.9 Å². The highest BCUT2D eigenvalue weighted by Crippen LogP contribution is 2.23. The van der Waals surface area contributed by atoms with E-state index < -0.39 is 5.97 Å². The smallest absolute Gasteiger partial charge is 0.358 e. The van der Waals surface area contributed by atoms with Crippen LogP contribution in [0.4, 0.5) is 0 Å². The summed E-state index contributed by atoms with van der Waals surface area (Å²) in [6.07, 6.45) is 1.25. The molecule has 2 aromatic rings. The zero-order valence-corrected chi connectivity index (χ0v) is 8.14. The molecule has 0 spiro atoms. The zero-order chi connectivity index (χ0) is 11.0. The summed E-state index contributed by atoms with van der Waals surface area (Å²) in [6.45, 7) is 3.25. The molecule has 0 fully saturated rings. The maximum absolute atomic E-state index is 10.7. The number of carboxylic acids is 1. The fraction of sp³-hybridized carbons (Fsp3) is 0.222. The number of hydrogen-bond acceptors (Lipinski definition) is 5. The van der Waals surface area contributed by atoms with Crippen molar-refractivity contribution in [2.75, 3.05) is 0 Å². The molecule has 2 aromatic heterocycles. The molecule has 0 saturated heterocycles. The predicted molar refractivity (Wildman–Crippen MR) is 48.4 cm³/mol. The first-order valence-electron chi connectivity index (χ1n) is 4.20. The van der Waals surface area contributed by atoms with Gasteiger partial charge in [-0.3, -0.25) is 0 Å². The standard InChI is InChI=1S/C9H8N2O4/c1-4-7(14-3-10-4)8-11-6(9(12)13)5(2)15-8/h3H,1-2H3,(H,12,13). The molecule has 1 N–H and O–H groups in total. The molecule has 0 radical (unpaired) electrons. The van der Waals surface area contributed by atoms with Gasteiger partial charge in [-0.2, -0.15) is 4.98 Å². The van der Waals surface area contributed by atoms with Crippen molar-refractivity contribution in [3.63, 3.8) is 0 Å². The molecule has 15 heavy (non-hydrogen) atoms. The van der Waals surface area contributed by atoms with E-state index >= 15 is 0 Å². The maximum Gasteiger partial charge on any atom is 0.358 e. The first-order chi connectivity index (χ1) is 7.09. The summed E-state index contributed by atoms with van der Waals surface area (Å²) in [5, 5.41) is 8.78. The van der Waals surface area contributed by atoms with E-state index in [9.17, 15) is 4.79 Å². The number of oxazole rings is 2. The number of carbonyl (C=O) groups is 1. The molecule has 6 heteroatoms. The number of aromatic carboxylic acids is 1. The van der Waals surface area contributed by atoms with Crippen molar-refractivity contribution in [3.8, 4) is 11.7 Å². The Morgan fingerprint density at radius 3 is 2.67 bits per heavy atom. The summed E-state index contributed by atoms with van der Waals surface area (Å²) in [4.78, 5) is 18.4. The molecule has 0 aliphatic rings. The van der Waals surface area contributed by atoms with E-state index in [-0.39, 0.29) is 17.3 Å². The van der Waals surface area contributed by atoms with Crippen molar-refractivity contribution in [1.82, 2.24) is 9.97 Å². The van der Waals surface area contributed by atoms with E-state index in [1.807, 2.05) is 0 Å². The van der Waals surface area contributed by atoms with Crippen LogP contribution < -0.4 is 0 Å². The molecule has 2 heterocycles. The largest absolute Gasteiger partial charge is 0.476 e. The highest BCUT2D eigenvalue weighted by Gasteiger charge is 2.20. The number of hydrogen-bond donors (Lipinski definition) is 1. The molecule has 0 aliphatic carbocycles. The summed E-state index contributed by atoms with van der Waals surface area (Å²) in [7, 11) is 0. The summed E-state index contributed by atoms with van der Waals surface area (Å²) in [5.41, 5.74) is 0.494. The van der Waals surface area contributed by atoms with Crippen LogP contribution in [0.25, 0.3) is 11.7 Å². The third-order valence-corrected chi connectivity index (χ3v) is 1.94. The van der Waals surface area contributed by atoms with Crippen molar-refractivity contribution in [2.24, 2.45) is 0 Å². The molecule has 0 amide bonds. The van der Waals surface area contributed by atoms with E-state index in [1.165, 1.54) is 13.3 Å². The van der Waals surface area contributed by atoms with Gasteiger partial charge in [-0.15, -0.1) is 0 Å². The highest BCUT2D eigenvalue weighted by atomic mass is 16.4. The van der Waals surface area contributed by atoms with Crippen LogP contribution in [-0.2, 0) is 0 Å². The minimum atomic E-state index is -1.13. The first-order valence-corrected chi connectivity index (χ1v) is 4.20. The average molecular weight is 208 g/mol. The molecule has 0 saturated carbocycles. The Labute approximate surface area is 84.6 Å². The topological polar surface area (TPSA) is 89.4 Å². The van der Waals surface area contributed by atoms with Crippen molar-refractivity contribution in [3.05, 3.63) is 23.5 Å². The number of nitrogens with zero attached hydrogens (tertiary/aromatic N) is 2. The molecule has 6 nitrogen and oxygen atoms in total. The summed E-state index contributed by atoms with van der Waals surface area (Å²) in [6, 6.07) is 0. The lowest BCUT2D eigenvalue weighted by Crippen LogP contribution is -1.98. The Kier molecular flexibility index (Phi) is 2.03. The molecular formula is C9H8N2O4. The van der Waals surface area contributed by atoms with Gasteiger partial charge in [0.15, 0.2) is 12.1 Å². The van der Waals surface area contributed by atoms with E-state index in [1.54, 1.807) is 6.92 Å². The molecule has 0 atom stereocenters. The maximum atomic E-state index is 10.7. The molecule has 0 aliphatic heterocycles. The van der Waals surface area contributed by atoms with E-state index in [0.29, 0.717) is 11.5 Å². The fourth-order valence-corrected chi connectivity index (χ4v) is 1.20. The lowest BCUT2D eigenvalue weighted by Gasteiger charge is -1.87. The highest BCUT2D eigenvalue weighted by molar-refractivity contribution is 5.86. The Balaban J connectivity index is 2.52. The van der Waals surface area contributed by atoms with Crippen molar-refractivity contribution < 1.29 is 18.7 Å². The van der Waals surface area contributed by atoms with E-state index in [0.717, 1.165) is 0 Å². The minimum Gasteiger partial charge on any atom is -0.476 e. The molecular weight excluding hydrogens is 200 g/mol. The number of aryl methyl sites for hydroxylation is 2. The molecule has 0 unspecified atom stereocenters. The van der Waals surface area contributed by atoms with Crippen LogP contribution in [0.1, 0.15) is 21.9 Å². The third kappa shape index (κ3) is 1.50. The molecule has 2 rings (SSSR count). The normalized spacial score (nSPS) is 10.5. The summed E-state index contributed by atoms with van der Waals surface area (Å²) >= 11 is 0. The van der Waals surface area contributed by atoms with Gasteiger partial charge in [0.1, 0.15) is 5.76 Å². The number of carboxylic acid groups (broad SMARTS) is 1. The van der Waals surface area contributed by atoms with Gasteiger partial charge in [-0.05, 0) is 13.8 Å². The summed E-state index contributed by atoms with van der Waals surface area (Å²) < 4.78 is 10.2. The van der Waals surface area contributed by atoms with Crippen LogP contribution in [0.2, 0.25) is 0 Å². The monoisotopic (exact) mass is 208 g/mol. The van der Waals surface area contributed by atoms with Crippen LogP contribution in [0.3, 0.4) is 0 Å². The van der Waals surface area contributed by atoms with Crippen LogP contribution in [0.5, 0.6) is 0 Å². The predicted octanol–water partition coefficient (Wildman–Crippen LogP) is 1.64. The van der Waals surface area contributed by atoms with Crippen LogP contribution in [0.15, 0.2) is 15.2 Å². The quantitative estimate of drug-likeness (QED) is 0.806. The zero-order valence-electron chi connectivity index (χ0n) is 8.14. The van der Waals surface area contributed by atoms with Gasteiger partial charge in [0.25, 0.3) is 5.89 Å². The van der Waals surface area contributed by atoms with Gasteiger partial charge in [0.2, 0.25) is 5.76 Å². The average Bonchev–Trinajstić information content (AvgIpc) is 2.71. The second kappa shape index (κ2) is 3.23. The second-order valence-corrected chi connectivity index (χ2v) is 3.00.